The molecule has 0 amide bonds. The second kappa shape index (κ2) is 5.24. The summed E-state index contributed by atoms with van der Waals surface area (Å²) in [4.78, 5) is 0. The fourth-order valence-corrected chi connectivity index (χ4v) is 1.67. The first-order valence-corrected chi connectivity index (χ1v) is 5.45. The summed E-state index contributed by atoms with van der Waals surface area (Å²) in [6.07, 6.45) is -5.80. The van der Waals surface area contributed by atoms with Gasteiger partial charge in [-0.1, -0.05) is 13.8 Å². The SMILES string of the molecule is CC(C)[C@@H](O)[C@@H](N)c1cc(F)ccc1C(F)(F)F. The average molecular weight is 265 g/mol. The van der Waals surface area contributed by atoms with Gasteiger partial charge >= 0.3 is 6.18 Å². The molecule has 2 atom stereocenters. The third kappa shape index (κ3) is 3.20. The van der Waals surface area contributed by atoms with Crippen LogP contribution < -0.4 is 5.73 Å². The van der Waals surface area contributed by atoms with E-state index in [1.807, 2.05) is 0 Å². The highest BCUT2D eigenvalue weighted by molar-refractivity contribution is 5.33. The van der Waals surface area contributed by atoms with Crippen LogP contribution in [0.1, 0.15) is 31.0 Å². The average Bonchev–Trinajstić information content (AvgIpc) is 2.25. The molecule has 0 aliphatic rings. The Labute approximate surface area is 102 Å². The summed E-state index contributed by atoms with van der Waals surface area (Å²) in [7, 11) is 0. The van der Waals surface area contributed by atoms with E-state index >= 15 is 0 Å². The number of nitrogens with two attached hydrogens (primary N) is 1. The molecule has 6 heteroatoms. The first-order chi connectivity index (χ1) is 8.14. The smallest absolute Gasteiger partial charge is 0.391 e. The van der Waals surface area contributed by atoms with E-state index in [1.54, 1.807) is 13.8 Å². The highest BCUT2D eigenvalue weighted by Gasteiger charge is 2.36. The lowest BCUT2D eigenvalue weighted by Gasteiger charge is -2.25. The van der Waals surface area contributed by atoms with Crippen molar-refractivity contribution in [3.8, 4) is 0 Å². The Morgan fingerprint density at radius 3 is 2.22 bits per heavy atom. The molecule has 3 N–H and O–H groups in total. The minimum absolute atomic E-state index is 0.329. The van der Waals surface area contributed by atoms with E-state index in [0.717, 1.165) is 12.1 Å². The highest BCUT2D eigenvalue weighted by atomic mass is 19.4. The van der Waals surface area contributed by atoms with Gasteiger partial charge in [0.25, 0.3) is 0 Å². The van der Waals surface area contributed by atoms with Crippen LogP contribution >= 0.6 is 0 Å². The Balaban J connectivity index is 3.25. The molecule has 0 unspecified atom stereocenters. The van der Waals surface area contributed by atoms with Crippen molar-refractivity contribution < 1.29 is 22.7 Å². The van der Waals surface area contributed by atoms with Crippen molar-refractivity contribution in [1.82, 2.24) is 0 Å². The minimum atomic E-state index is -4.63. The van der Waals surface area contributed by atoms with Gasteiger partial charge in [0.05, 0.1) is 17.7 Å². The van der Waals surface area contributed by atoms with Crippen molar-refractivity contribution in [3.05, 3.63) is 35.1 Å². The van der Waals surface area contributed by atoms with Gasteiger partial charge in [0.15, 0.2) is 0 Å². The van der Waals surface area contributed by atoms with Gasteiger partial charge in [-0.15, -0.1) is 0 Å². The van der Waals surface area contributed by atoms with Crippen LogP contribution in [0.25, 0.3) is 0 Å². The third-order valence-electron chi connectivity index (χ3n) is 2.73. The third-order valence-corrected chi connectivity index (χ3v) is 2.73. The predicted molar refractivity (Wildman–Crippen MR) is 59.2 cm³/mol. The van der Waals surface area contributed by atoms with Gasteiger partial charge in [0.2, 0.25) is 0 Å². The topological polar surface area (TPSA) is 46.2 Å². The van der Waals surface area contributed by atoms with E-state index in [1.165, 1.54) is 0 Å². The Kier molecular flexibility index (Phi) is 4.34. The summed E-state index contributed by atoms with van der Waals surface area (Å²) >= 11 is 0. The van der Waals surface area contributed by atoms with Crippen molar-refractivity contribution in [2.75, 3.05) is 0 Å². The number of aliphatic hydroxyl groups is 1. The first kappa shape index (κ1) is 14.9. The maximum absolute atomic E-state index is 13.1. The second-order valence-electron chi connectivity index (χ2n) is 4.49. The highest BCUT2D eigenvalue weighted by Crippen LogP contribution is 2.35. The van der Waals surface area contributed by atoms with Gasteiger partial charge in [0, 0.05) is 0 Å². The fraction of sp³-hybridized carbons (Fsp3) is 0.500. The Bertz CT molecular complexity index is 417. The molecule has 2 nitrogen and oxygen atoms in total. The lowest BCUT2D eigenvalue weighted by molar-refractivity contribution is -0.138. The van der Waals surface area contributed by atoms with E-state index < -0.39 is 35.3 Å². The number of rotatable bonds is 3. The molecule has 0 saturated carbocycles. The molecule has 0 radical (unpaired) electrons. The van der Waals surface area contributed by atoms with Crippen molar-refractivity contribution in [3.63, 3.8) is 0 Å². The van der Waals surface area contributed by atoms with Crippen LogP contribution in [0.2, 0.25) is 0 Å². The minimum Gasteiger partial charge on any atom is -0.391 e. The first-order valence-electron chi connectivity index (χ1n) is 5.45. The number of alkyl halides is 3. The van der Waals surface area contributed by atoms with Crippen LogP contribution in [0.15, 0.2) is 18.2 Å². The maximum Gasteiger partial charge on any atom is 0.416 e. The molecular formula is C12H15F4NO. The number of benzene rings is 1. The van der Waals surface area contributed by atoms with Gasteiger partial charge < -0.3 is 10.8 Å². The molecule has 18 heavy (non-hydrogen) atoms. The number of hydrogen-bond acceptors (Lipinski definition) is 2. The van der Waals surface area contributed by atoms with Crippen molar-refractivity contribution in [2.45, 2.75) is 32.2 Å². The van der Waals surface area contributed by atoms with E-state index in [-0.39, 0.29) is 5.92 Å². The number of hydrogen-bond donors (Lipinski definition) is 2. The van der Waals surface area contributed by atoms with Gasteiger partial charge in [0.1, 0.15) is 5.82 Å². The molecule has 102 valence electrons. The quantitative estimate of drug-likeness (QED) is 0.825. The normalized spacial score (nSPS) is 15.8. The summed E-state index contributed by atoms with van der Waals surface area (Å²) < 4.78 is 51.3. The number of aliphatic hydroxyl groups excluding tert-OH is 1. The molecule has 0 spiro atoms. The van der Waals surface area contributed by atoms with Crippen molar-refractivity contribution in [2.24, 2.45) is 11.7 Å². The molecule has 0 fully saturated rings. The fourth-order valence-electron chi connectivity index (χ4n) is 1.67. The van der Waals surface area contributed by atoms with E-state index in [9.17, 15) is 22.7 Å². The molecular weight excluding hydrogens is 250 g/mol. The monoisotopic (exact) mass is 265 g/mol. The lowest BCUT2D eigenvalue weighted by Crippen LogP contribution is -2.32. The Morgan fingerprint density at radius 1 is 1.22 bits per heavy atom. The molecule has 0 saturated heterocycles. The molecule has 0 aliphatic carbocycles. The van der Waals surface area contributed by atoms with Gasteiger partial charge in [-0.2, -0.15) is 13.2 Å². The zero-order valence-electron chi connectivity index (χ0n) is 10.0. The lowest BCUT2D eigenvalue weighted by atomic mass is 9.91. The molecule has 0 heterocycles. The number of halogens is 4. The molecule has 1 aromatic carbocycles. The molecule has 0 aromatic heterocycles. The summed E-state index contributed by atoms with van der Waals surface area (Å²) in [6, 6.07) is 0.801. The van der Waals surface area contributed by atoms with Crippen LogP contribution in [0.3, 0.4) is 0 Å². The zero-order chi connectivity index (χ0) is 14.1. The van der Waals surface area contributed by atoms with Crippen molar-refractivity contribution >= 4 is 0 Å². The van der Waals surface area contributed by atoms with E-state index in [4.69, 9.17) is 5.73 Å². The van der Waals surface area contributed by atoms with Gasteiger partial charge in [-0.25, -0.2) is 4.39 Å². The summed E-state index contributed by atoms with van der Waals surface area (Å²) in [6.45, 7) is 3.24. The van der Waals surface area contributed by atoms with Crippen LogP contribution in [0.4, 0.5) is 17.6 Å². The predicted octanol–water partition coefficient (Wildman–Crippen LogP) is 2.86. The van der Waals surface area contributed by atoms with E-state index in [2.05, 4.69) is 0 Å². The van der Waals surface area contributed by atoms with Gasteiger partial charge in [-0.3, -0.25) is 0 Å². The molecule has 1 aromatic rings. The summed E-state index contributed by atoms with van der Waals surface area (Å²) in [5, 5.41) is 9.71. The van der Waals surface area contributed by atoms with Crippen molar-refractivity contribution in [1.29, 1.82) is 0 Å². The molecule has 1 rings (SSSR count). The van der Waals surface area contributed by atoms with E-state index in [0.29, 0.717) is 6.07 Å². The zero-order valence-corrected chi connectivity index (χ0v) is 10.0. The maximum atomic E-state index is 13.1. The molecule has 0 bridgehead atoms. The standard InChI is InChI=1S/C12H15F4NO/c1-6(2)11(18)10(17)8-5-7(13)3-4-9(8)12(14,15)16/h3-6,10-11,18H,17H2,1-2H3/t10-,11+/m0/s1. The second-order valence-corrected chi connectivity index (χ2v) is 4.49. The molecule has 0 aliphatic heterocycles. The van der Waals surface area contributed by atoms with Gasteiger partial charge in [-0.05, 0) is 29.7 Å². The Hall–Kier alpha value is -1.14. The summed E-state index contributed by atoms with van der Waals surface area (Å²) in [5.41, 5.74) is 4.14. The Morgan fingerprint density at radius 2 is 1.78 bits per heavy atom. The van der Waals surface area contributed by atoms with Crippen LogP contribution in [-0.2, 0) is 6.18 Å². The largest absolute Gasteiger partial charge is 0.416 e. The van der Waals surface area contributed by atoms with Crippen LogP contribution in [-0.4, -0.2) is 11.2 Å². The van der Waals surface area contributed by atoms with Crippen LogP contribution in [0.5, 0.6) is 0 Å². The summed E-state index contributed by atoms with van der Waals surface area (Å²) in [5.74, 6) is -1.14. The van der Waals surface area contributed by atoms with Crippen LogP contribution in [0, 0.1) is 11.7 Å².